The number of hydrogen-bond acceptors (Lipinski definition) is 4. The van der Waals surface area contributed by atoms with Crippen LogP contribution in [0.2, 0.25) is 5.02 Å². The van der Waals surface area contributed by atoms with Crippen LogP contribution in [0.15, 0.2) is 46.3 Å². The van der Waals surface area contributed by atoms with Gasteiger partial charge >= 0.3 is 5.97 Å². The third-order valence-electron chi connectivity index (χ3n) is 5.50. The van der Waals surface area contributed by atoms with E-state index in [0.29, 0.717) is 5.02 Å². The maximum Gasteiger partial charge on any atom is 0.304 e. The Morgan fingerprint density at radius 2 is 2.14 bits per heavy atom. The Labute approximate surface area is 179 Å². The molecule has 0 amide bonds. The van der Waals surface area contributed by atoms with Crippen LogP contribution in [-0.4, -0.2) is 27.7 Å². The normalized spacial score (nSPS) is 16.9. The zero-order valence-electron chi connectivity index (χ0n) is 16.4. The molecular weight excluding hydrogens is 408 g/mol. The van der Waals surface area contributed by atoms with Gasteiger partial charge in [-0.25, -0.2) is 0 Å². The smallest absolute Gasteiger partial charge is 0.304 e. The molecular formula is C22H23ClN2O3S. The topological polar surface area (TPSA) is 64.4 Å². The van der Waals surface area contributed by atoms with Crippen molar-refractivity contribution in [3.8, 4) is 0 Å². The number of nitrogens with zero attached hydrogens (tertiary/aromatic N) is 2. The lowest BCUT2D eigenvalue weighted by Crippen LogP contribution is -2.05. The average Bonchev–Trinajstić information content (AvgIpc) is 3.24. The molecule has 0 bridgehead atoms. The SMILES string of the molecule is CCC(OC)c1nccc2c1c(Sc1ccc(Cl)cc1)c1n2CCC1CC(=O)O. The number of halogens is 1. The van der Waals surface area contributed by atoms with E-state index in [0.717, 1.165) is 51.5 Å². The molecule has 2 unspecified atom stereocenters. The molecule has 1 N–H and O–H groups in total. The highest BCUT2D eigenvalue weighted by atomic mass is 35.5. The van der Waals surface area contributed by atoms with Gasteiger partial charge in [0.1, 0.15) is 0 Å². The fourth-order valence-electron chi connectivity index (χ4n) is 4.22. The lowest BCUT2D eigenvalue weighted by Gasteiger charge is -2.16. The van der Waals surface area contributed by atoms with E-state index >= 15 is 0 Å². The Hall–Kier alpha value is -2.02. The van der Waals surface area contributed by atoms with Crippen molar-refractivity contribution in [3.63, 3.8) is 0 Å². The number of methoxy groups -OCH3 is 1. The molecule has 0 saturated heterocycles. The van der Waals surface area contributed by atoms with Gasteiger partial charge in [-0.05, 0) is 43.2 Å². The number of carboxylic acid groups (broad SMARTS) is 1. The Balaban J connectivity index is 1.93. The molecule has 0 aliphatic carbocycles. The van der Waals surface area contributed by atoms with Gasteiger partial charge in [0, 0.05) is 51.7 Å². The van der Waals surface area contributed by atoms with Crippen molar-refractivity contribution in [2.24, 2.45) is 0 Å². The predicted octanol–water partition coefficient (Wildman–Crippen LogP) is 5.90. The Bertz CT molecular complexity index is 1040. The van der Waals surface area contributed by atoms with Crippen LogP contribution in [0, 0.1) is 0 Å². The molecule has 3 aromatic rings. The van der Waals surface area contributed by atoms with Crippen molar-refractivity contribution in [1.29, 1.82) is 0 Å². The van der Waals surface area contributed by atoms with Gasteiger partial charge in [-0.3, -0.25) is 9.78 Å². The molecule has 1 aromatic carbocycles. The first-order valence-electron chi connectivity index (χ1n) is 9.72. The van der Waals surface area contributed by atoms with Gasteiger partial charge in [0.15, 0.2) is 0 Å². The fraction of sp³-hybridized carbons (Fsp3) is 0.364. The highest BCUT2D eigenvalue weighted by molar-refractivity contribution is 7.99. The molecule has 2 atom stereocenters. The molecule has 29 heavy (non-hydrogen) atoms. The molecule has 7 heteroatoms. The standard InChI is InChI=1S/C22H23ClN2O3S/c1-3-17(28-2)20-19-16(8-10-24-20)25-11-9-13(12-18(26)27)21(25)22(19)29-15-6-4-14(23)5-7-15/h4-8,10,13,17H,3,9,11-12H2,1-2H3,(H,26,27). The van der Waals surface area contributed by atoms with E-state index < -0.39 is 5.97 Å². The van der Waals surface area contributed by atoms with E-state index in [1.165, 1.54) is 0 Å². The average molecular weight is 431 g/mol. The minimum Gasteiger partial charge on any atom is -0.481 e. The summed E-state index contributed by atoms with van der Waals surface area (Å²) in [5.41, 5.74) is 3.12. The number of aryl methyl sites for hydroxylation is 1. The van der Waals surface area contributed by atoms with E-state index in [-0.39, 0.29) is 18.4 Å². The van der Waals surface area contributed by atoms with Gasteiger partial charge in [-0.1, -0.05) is 30.3 Å². The van der Waals surface area contributed by atoms with E-state index in [2.05, 4.69) is 16.5 Å². The summed E-state index contributed by atoms with van der Waals surface area (Å²) >= 11 is 7.72. The second kappa shape index (κ2) is 8.38. The molecule has 0 radical (unpaired) electrons. The highest BCUT2D eigenvalue weighted by Gasteiger charge is 2.33. The summed E-state index contributed by atoms with van der Waals surface area (Å²) < 4.78 is 7.99. The summed E-state index contributed by atoms with van der Waals surface area (Å²) in [5.74, 6) is -0.775. The fourth-order valence-corrected chi connectivity index (χ4v) is 5.55. The van der Waals surface area contributed by atoms with Gasteiger partial charge in [0.05, 0.1) is 23.7 Å². The van der Waals surface area contributed by atoms with Crippen LogP contribution in [0.3, 0.4) is 0 Å². The summed E-state index contributed by atoms with van der Waals surface area (Å²) in [6, 6.07) is 9.77. The number of ether oxygens (including phenoxy) is 1. The van der Waals surface area contributed by atoms with Gasteiger partial charge < -0.3 is 14.4 Å². The molecule has 0 saturated carbocycles. The number of benzene rings is 1. The number of pyridine rings is 1. The van der Waals surface area contributed by atoms with E-state index in [9.17, 15) is 9.90 Å². The molecule has 1 aliphatic rings. The molecule has 2 aromatic heterocycles. The molecule has 5 nitrogen and oxygen atoms in total. The van der Waals surface area contributed by atoms with E-state index in [4.69, 9.17) is 16.3 Å². The van der Waals surface area contributed by atoms with Crippen LogP contribution in [-0.2, 0) is 16.1 Å². The third-order valence-corrected chi connectivity index (χ3v) is 6.88. The monoisotopic (exact) mass is 430 g/mol. The van der Waals surface area contributed by atoms with Crippen molar-refractivity contribution in [3.05, 3.63) is 52.9 Å². The van der Waals surface area contributed by atoms with Crippen molar-refractivity contribution in [1.82, 2.24) is 9.55 Å². The molecule has 3 heterocycles. The van der Waals surface area contributed by atoms with Crippen molar-refractivity contribution in [2.75, 3.05) is 7.11 Å². The maximum absolute atomic E-state index is 11.5. The highest BCUT2D eigenvalue weighted by Crippen LogP contribution is 2.48. The van der Waals surface area contributed by atoms with Crippen molar-refractivity contribution in [2.45, 2.75) is 54.5 Å². The Morgan fingerprint density at radius 1 is 1.38 bits per heavy atom. The van der Waals surface area contributed by atoms with E-state index in [1.807, 2.05) is 36.5 Å². The van der Waals surface area contributed by atoms with Crippen LogP contribution >= 0.6 is 23.4 Å². The first-order chi connectivity index (χ1) is 14.0. The van der Waals surface area contributed by atoms with Crippen LogP contribution in [0.4, 0.5) is 0 Å². The number of hydrogen-bond donors (Lipinski definition) is 1. The minimum atomic E-state index is -0.766. The number of fused-ring (bicyclic) bond motifs is 3. The van der Waals surface area contributed by atoms with Crippen LogP contribution in [0.1, 0.15) is 49.6 Å². The summed E-state index contributed by atoms with van der Waals surface area (Å²) in [6.07, 6.45) is 3.50. The lowest BCUT2D eigenvalue weighted by atomic mass is 9.99. The largest absolute Gasteiger partial charge is 0.481 e. The van der Waals surface area contributed by atoms with Gasteiger partial charge in [0.25, 0.3) is 0 Å². The Kier molecular flexibility index (Phi) is 5.86. The van der Waals surface area contributed by atoms with Crippen LogP contribution in [0.5, 0.6) is 0 Å². The molecule has 0 fully saturated rings. The Morgan fingerprint density at radius 3 is 2.79 bits per heavy atom. The summed E-state index contributed by atoms with van der Waals surface area (Å²) in [6.45, 7) is 2.90. The van der Waals surface area contributed by atoms with Crippen molar-refractivity contribution < 1.29 is 14.6 Å². The second-order valence-corrected chi connectivity index (χ2v) is 8.75. The maximum atomic E-state index is 11.5. The molecule has 0 spiro atoms. The number of carbonyl (C=O) groups is 1. The quantitative estimate of drug-likeness (QED) is 0.505. The van der Waals surface area contributed by atoms with Crippen LogP contribution in [0.25, 0.3) is 10.9 Å². The summed E-state index contributed by atoms with van der Waals surface area (Å²) in [4.78, 5) is 18.3. The first kappa shape index (κ1) is 20.3. The lowest BCUT2D eigenvalue weighted by molar-refractivity contribution is -0.137. The molecule has 152 valence electrons. The number of rotatable bonds is 7. The van der Waals surface area contributed by atoms with Gasteiger partial charge in [-0.2, -0.15) is 0 Å². The predicted molar refractivity (Wildman–Crippen MR) is 115 cm³/mol. The molecule has 1 aliphatic heterocycles. The summed E-state index contributed by atoms with van der Waals surface area (Å²) in [5, 5.41) is 11.2. The number of carboxylic acids is 1. The number of aliphatic carboxylic acids is 1. The first-order valence-corrected chi connectivity index (χ1v) is 10.9. The number of aromatic nitrogens is 2. The minimum absolute atomic E-state index is 0.00910. The zero-order valence-corrected chi connectivity index (χ0v) is 18.0. The second-order valence-electron chi connectivity index (χ2n) is 7.23. The van der Waals surface area contributed by atoms with Gasteiger partial charge in [0.2, 0.25) is 0 Å². The third kappa shape index (κ3) is 3.77. The molecule has 4 rings (SSSR count). The summed E-state index contributed by atoms with van der Waals surface area (Å²) in [7, 11) is 1.71. The van der Waals surface area contributed by atoms with E-state index in [1.54, 1.807) is 18.9 Å². The van der Waals surface area contributed by atoms with Crippen LogP contribution < -0.4 is 0 Å². The zero-order chi connectivity index (χ0) is 20.5. The van der Waals surface area contributed by atoms with Gasteiger partial charge in [-0.15, -0.1) is 0 Å². The van der Waals surface area contributed by atoms with Crippen molar-refractivity contribution >= 4 is 40.2 Å².